The molecule has 0 atom stereocenters. The molecular weight excluding hydrogens is 236 g/mol. The highest BCUT2D eigenvalue weighted by molar-refractivity contribution is 6.17. The minimum Gasteiger partial charge on any atom is -0.301 e. The predicted molar refractivity (Wildman–Crippen MR) is 69.4 cm³/mol. The molecule has 0 spiro atoms. The van der Waals surface area contributed by atoms with E-state index in [0.717, 1.165) is 31.6 Å². The van der Waals surface area contributed by atoms with Gasteiger partial charge in [0.2, 0.25) is 0 Å². The van der Waals surface area contributed by atoms with Crippen molar-refractivity contribution in [2.45, 2.75) is 38.6 Å². The molecule has 1 aliphatic rings. The first-order chi connectivity index (χ1) is 8.38. The molecule has 0 saturated carbocycles. The molecule has 2 rings (SSSR count). The van der Waals surface area contributed by atoms with Crippen LogP contribution in [0.25, 0.3) is 0 Å². The maximum absolute atomic E-state index is 5.66. The number of piperidine rings is 1. The van der Waals surface area contributed by atoms with E-state index in [1.807, 2.05) is 4.68 Å². The quantitative estimate of drug-likeness (QED) is 0.730. The van der Waals surface area contributed by atoms with Gasteiger partial charge in [-0.2, -0.15) is 0 Å². The average molecular weight is 257 g/mol. The van der Waals surface area contributed by atoms with Crippen LogP contribution in [0.5, 0.6) is 0 Å². The van der Waals surface area contributed by atoms with Crippen molar-refractivity contribution in [1.82, 2.24) is 19.9 Å². The average Bonchev–Trinajstić information content (AvgIpc) is 2.83. The van der Waals surface area contributed by atoms with Crippen LogP contribution in [-0.2, 0) is 13.0 Å². The Balaban J connectivity index is 1.72. The molecule has 17 heavy (non-hydrogen) atoms. The number of aromatic nitrogens is 3. The lowest BCUT2D eigenvalue weighted by atomic mass is 10.1. The number of rotatable bonds is 6. The zero-order chi connectivity index (χ0) is 11.9. The van der Waals surface area contributed by atoms with E-state index in [-0.39, 0.29) is 0 Å². The van der Waals surface area contributed by atoms with Gasteiger partial charge in [0.1, 0.15) is 0 Å². The highest BCUT2D eigenvalue weighted by Gasteiger charge is 2.10. The zero-order valence-electron chi connectivity index (χ0n) is 10.3. The SMILES string of the molecule is ClCCCc1cn(CCN2CCCCC2)nn1. The van der Waals surface area contributed by atoms with Gasteiger partial charge in [0, 0.05) is 18.6 Å². The van der Waals surface area contributed by atoms with Crippen LogP contribution >= 0.6 is 11.6 Å². The molecule has 5 heteroatoms. The molecule has 4 nitrogen and oxygen atoms in total. The topological polar surface area (TPSA) is 34.0 Å². The summed E-state index contributed by atoms with van der Waals surface area (Å²) in [5, 5.41) is 8.30. The van der Waals surface area contributed by atoms with Crippen molar-refractivity contribution in [3.8, 4) is 0 Å². The number of likely N-dealkylation sites (tertiary alicyclic amines) is 1. The number of alkyl halides is 1. The van der Waals surface area contributed by atoms with Crippen molar-refractivity contribution < 1.29 is 0 Å². The van der Waals surface area contributed by atoms with Crippen LogP contribution in [0, 0.1) is 0 Å². The fourth-order valence-electron chi connectivity index (χ4n) is 2.24. The molecule has 0 N–H and O–H groups in total. The maximum Gasteiger partial charge on any atom is 0.0827 e. The lowest BCUT2D eigenvalue weighted by Gasteiger charge is -2.25. The number of hydrogen-bond acceptors (Lipinski definition) is 3. The van der Waals surface area contributed by atoms with Crippen LogP contribution in [0.1, 0.15) is 31.4 Å². The third-order valence-electron chi connectivity index (χ3n) is 3.25. The summed E-state index contributed by atoms with van der Waals surface area (Å²) in [4.78, 5) is 2.52. The summed E-state index contributed by atoms with van der Waals surface area (Å²) in [5.74, 6) is 0.695. The van der Waals surface area contributed by atoms with E-state index in [4.69, 9.17) is 11.6 Å². The molecule has 0 amide bonds. The van der Waals surface area contributed by atoms with Crippen molar-refractivity contribution in [2.75, 3.05) is 25.5 Å². The number of hydrogen-bond donors (Lipinski definition) is 0. The van der Waals surface area contributed by atoms with Crippen LogP contribution in [-0.4, -0.2) is 45.4 Å². The van der Waals surface area contributed by atoms with Crippen LogP contribution < -0.4 is 0 Å². The first-order valence-electron chi connectivity index (χ1n) is 6.56. The highest BCUT2D eigenvalue weighted by atomic mass is 35.5. The maximum atomic E-state index is 5.66. The summed E-state index contributed by atoms with van der Waals surface area (Å²) < 4.78 is 1.96. The fourth-order valence-corrected chi connectivity index (χ4v) is 2.37. The molecule has 1 aromatic heterocycles. The Morgan fingerprint density at radius 3 is 2.76 bits per heavy atom. The molecule has 0 radical (unpaired) electrons. The summed E-state index contributed by atoms with van der Waals surface area (Å²) in [5.41, 5.74) is 1.06. The van der Waals surface area contributed by atoms with E-state index in [2.05, 4.69) is 21.4 Å². The second-order valence-electron chi connectivity index (χ2n) is 4.67. The van der Waals surface area contributed by atoms with E-state index in [1.165, 1.54) is 32.4 Å². The normalized spacial score (nSPS) is 17.5. The molecule has 0 aromatic carbocycles. The minimum absolute atomic E-state index is 0.695. The summed E-state index contributed by atoms with van der Waals surface area (Å²) in [7, 11) is 0. The molecule has 2 heterocycles. The molecule has 0 aliphatic carbocycles. The second kappa shape index (κ2) is 6.97. The molecule has 0 unspecified atom stereocenters. The lowest BCUT2D eigenvalue weighted by molar-refractivity contribution is 0.217. The Bertz CT molecular complexity index is 320. The molecular formula is C12H21ClN4. The molecule has 1 aromatic rings. The van der Waals surface area contributed by atoms with Gasteiger partial charge in [-0.1, -0.05) is 11.6 Å². The van der Waals surface area contributed by atoms with Crippen molar-refractivity contribution in [3.05, 3.63) is 11.9 Å². The third-order valence-corrected chi connectivity index (χ3v) is 3.51. The van der Waals surface area contributed by atoms with Crippen molar-refractivity contribution in [3.63, 3.8) is 0 Å². The van der Waals surface area contributed by atoms with Gasteiger partial charge >= 0.3 is 0 Å². The van der Waals surface area contributed by atoms with Gasteiger partial charge in [-0.15, -0.1) is 16.7 Å². The Kier molecular flexibility index (Phi) is 5.26. The Morgan fingerprint density at radius 1 is 1.18 bits per heavy atom. The molecule has 1 fully saturated rings. The van der Waals surface area contributed by atoms with Gasteiger partial charge in [-0.05, 0) is 38.8 Å². The van der Waals surface area contributed by atoms with Gasteiger partial charge < -0.3 is 4.90 Å². The van der Waals surface area contributed by atoms with Gasteiger partial charge in [0.25, 0.3) is 0 Å². The Hall–Kier alpha value is -0.610. The minimum atomic E-state index is 0.695. The molecule has 0 bridgehead atoms. The van der Waals surface area contributed by atoms with Crippen LogP contribution in [0.3, 0.4) is 0 Å². The Labute approximate surface area is 108 Å². The summed E-state index contributed by atoms with van der Waals surface area (Å²) in [6, 6.07) is 0. The summed E-state index contributed by atoms with van der Waals surface area (Å²) >= 11 is 5.66. The van der Waals surface area contributed by atoms with E-state index in [9.17, 15) is 0 Å². The van der Waals surface area contributed by atoms with Crippen LogP contribution in [0.4, 0.5) is 0 Å². The highest BCUT2D eigenvalue weighted by Crippen LogP contribution is 2.08. The van der Waals surface area contributed by atoms with Gasteiger partial charge in [-0.3, -0.25) is 4.68 Å². The fraction of sp³-hybridized carbons (Fsp3) is 0.833. The van der Waals surface area contributed by atoms with E-state index >= 15 is 0 Å². The first-order valence-corrected chi connectivity index (χ1v) is 7.09. The summed E-state index contributed by atoms with van der Waals surface area (Å²) in [6.45, 7) is 4.54. The van der Waals surface area contributed by atoms with Gasteiger partial charge in [0.05, 0.1) is 12.2 Å². The summed E-state index contributed by atoms with van der Waals surface area (Å²) in [6.07, 6.45) is 8.05. The molecule has 1 aliphatic heterocycles. The first kappa shape index (κ1) is 12.8. The standard InChI is InChI=1S/C12H21ClN4/c13-6-4-5-12-11-17(15-14-12)10-9-16-7-2-1-3-8-16/h11H,1-10H2. The Morgan fingerprint density at radius 2 is 2.00 bits per heavy atom. The second-order valence-corrected chi connectivity index (χ2v) is 5.05. The smallest absolute Gasteiger partial charge is 0.0827 e. The number of nitrogens with zero attached hydrogens (tertiary/aromatic N) is 4. The monoisotopic (exact) mass is 256 g/mol. The van der Waals surface area contributed by atoms with Crippen molar-refractivity contribution in [1.29, 1.82) is 0 Å². The van der Waals surface area contributed by atoms with Crippen molar-refractivity contribution in [2.24, 2.45) is 0 Å². The van der Waals surface area contributed by atoms with E-state index in [1.54, 1.807) is 0 Å². The van der Waals surface area contributed by atoms with Crippen LogP contribution in [0.2, 0.25) is 0 Å². The third kappa shape index (κ3) is 4.28. The lowest BCUT2D eigenvalue weighted by Crippen LogP contribution is -2.32. The zero-order valence-corrected chi connectivity index (χ0v) is 11.1. The van der Waals surface area contributed by atoms with Gasteiger partial charge in [-0.25, -0.2) is 0 Å². The largest absolute Gasteiger partial charge is 0.301 e. The van der Waals surface area contributed by atoms with E-state index in [0.29, 0.717) is 5.88 Å². The van der Waals surface area contributed by atoms with Gasteiger partial charge in [0.15, 0.2) is 0 Å². The molecule has 1 saturated heterocycles. The van der Waals surface area contributed by atoms with Crippen molar-refractivity contribution >= 4 is 11.6 Å². The van der Waals surface area contributed by atoms with E-state index < -0.39 is 0 Å². The van der Waals surface area contributed by atoms with Crippen LogP contribution in [0.15, 0.2) is 6.20 Å². The number of aryl methyl sites for hydroxylation is 1. The predicted octanol–water partition coefficient (Wildman–Crippen LogP) is 1.94. The molecule has 96 valence electrons. The number of halogens is 1.